The van der Waals surface area contributed by atoms with Crippen molar-refractivity contribution in [2.75, 3.05) is 7.11 Å². The lowest BCUT2D eigenvalue weighted by molar-refractivity contribution is 0.0603. The van der Waals surface area contributed by atoms with Gasteiger partial charge in [0, 0.05) is 11.6 Å². The molecule has 0 amide bonds. The Kier molecular flexibility index (Phi) is 4.15. The number of ether oxygens (including phenoxy) is 1. The van der Waals surface area contributed by atoms with Crippen LogP contribution in [0.3, 0.4) is 0 Å². The van der Waals surface area contributed by atoms with Gasteiger partial charge >= 0.3 is 5.97 Å². The van der Waals surface area contributed by atoms with Gasteiger partial charge in [0.25, 0.3) is 0 Å². The van der Waals surface area contributed by atoms with Crippen molar-refractivity contribution in [3.05, 3.63) is 71.4 Å². The molecule has 0 saturated heterocycles. The zero-order chi connectivity index (χ0) is 17.3. The van der Waals surface area contributed by atoms with Crippen molar-refractivity contribution in [2.24, 2.45) is 0 Å². The minimum absolute atomic E-state index is 0.140. The van der Waals surface area contributed by atoms with E-state index < -0.39 is 16.0 Å². The van der Waals surface area contributed by atoms with Crippen molar-refractivity contribution in [1.29, 1.82) is 0 Å². The smallest absolute Gasteiger partial charge is 0.340 e. The van der Waals surface area contributed by atoms with Gasteiger partial charge in [-0.3, -0.25) is 0 Å². The van der Waals surface area contributed by atoms with Crippen molar-refractivity contribution >= 4 is 26.9 Å². The highest BCUT2D eigenvalue weighted by atomic mass is 32.2. The lowest BCUT2D eigenvalue weighted by Gasteiger charge is -2.09. The van der Waals surface area contributed by atoms with Crippen LogP contribution in [0.15, 0.2) is 54.7 Å². The van der Waals surface area contributed by atoms with E-state index in [0.29, 0.717) is 10.9 Å². The van der Waals surface area contributed by atoms with Gasteiger partial charge in [0.2, 0.25) is 10.0 Å². The Bertz CT molecular complexity index is 1020. The van der Waals surface area contributed by atoms with Gasteiger partial charge in [-0.05, 0) is 24.1 Å². The topological polar surface area (TPSA) is 65.4 Å². The van der Waals surface area contributed by atoms with Crippen molar-refractivity contribution in [3.8, 4) is 0 Å². The predicted molar refractivity (Wildman–Crippen MR) is 92.5 cm³/mol. The molecule has 0 saturated carbocycles. The van der Waals surface area contributed by atoms with E-state index in [1.54, 1.807) is 30.3 Å². The van der Waals surface area contributed by atoms with E-state index in [2.05, 4.69) is 0 Å². The first-order chi connectivity index (χ1) is 11.4. The number of hydrogen-bond donors (Lipinski definition) is 0. The van der Waals surface area contributed by atoms with Crippen LogP contribution in [0.4, 0.5) is 0 Å². The van der Waals surface area contributed by atoms with E-state index in [-0.39, 0.29) is 11.3 Å². The van der Waals surface area contributed by atoms with Crippen LogP contribution in [0.1, 0.15) is 21.5 Å². The number of hydrogen-bond acceptors (Lipinski definition) is 4. The van der Waals surface area contributed by atoms with Gasteiger partial charge in [0.1, 0.15) is 0 Å². The summed E-state index contributed by atoms with van der Waals surface area (Å²) in [6.07, 6.45) is 1.34. The Hall–Kier alpha value is -2.60. The van der Waals surface area contributed by atoms with Gasteiger partial charge in [-0.2, -0.15) is 0 Å². The fourth-order valence-electron chi connectivity index (χ4n) is 2.69. The molecule has 24 heavy (non-hydrogen) atoms. The number of benzene rings is 2. The summed E-state index contributed by atoms with van der Waals surface area (Å²) in [5.41, 5.74) is 2.34. The fourth-order valence-corrected chi connectivity index (χ4v) is 4.27. The Morgan fingerprint density at radius 3 is 2.46 bits per heavy atom. The molecule has 0 atom stereocenters. The largest absolute Gasteiger partial charge is 0.465 e. The monoisotopic (exact) mass is 343 g/mol. The molecule has 0 fully saturated rings. The average Bonchev–Trinajstić information content (AvgIpc) is 2.97. The number of methoxy groups -OCH3 is 1. The maximum atomic E-state index is 12.9. The van der Waals surface area contributed by atoms with Crippen molar-refractivity contribution in [3.63, 3.8) is 0 Å². The second-order valence-electron chi connectivity index (χ2n) is 5.53. The minimum Gasteiger partial charge on any atom is -0.465 e. The Morgan fingerprint density at radius 1 is 1.08 bits per heavy atom. The maximum Gasteiger partial charge on any atom is 0.340 e. The number of carbonyl (C=O) groups excluding carboxylic acids is 1. The standard InChI is InChI=1S/C18H17NO4S/c1-13-7-3-4-8-14(13)12-24(21,22)19-11-16(18(20)23-2)15-9-5-6-10-17(15)19/h3-11H,12H2,1-2H3. The van der Waals surface area contributed by atoms with Crippen LogP contribution < -0.4 is 0 Å². The van der Waals surface area contributed by atoms with Crippen LogP contribution in [0.5, 0.6) is 0 Å². The quantitative estimate of drug-likeness (QED) is 0.683. The Balaban J connectivity index is 2.15. The third-order valence-corrected chi connectivity index (χ3v) is 5.56. The molecule has 6 heteroatoms. The SMILES string of the molecule is COC(=O)c1cn(S(=O)(=O)Cc2ccccc2C)c2ccccc12. The number of carbonyl (C=O) groups is 1. The summed E-state index contributed by atoms with van der Waals surface area (Å²) in [4.78, 5) is 11.9. The van der Waals surface area contributed by atoms with Gasteiger partial charge in [-0.25, -0.2) is 17.2 Å². The highest BCUT2D eigenvalue weighted by molar-refractivity contribution is 7.89. The van der Waals surface area contributed by atoms with Gasteiger partial charge < -0.3 is 4.74 Å². The van der Waals surface area contributed by atoms with Crippen molar-refractivity contribution < 1.29 is 17.9 Å². The number of rotatable bonds is 4. The van der Waals surface area contributed by atoms with Gasteiger partial charge in [0.15, 0.2) is 0 Å². The van der Waals surface area contributed by atoms with Gasteiger partial charge in [0.05, 0.1) is 23.9 Å². The molecule has 0 unspecified atom stereocenters. The van der Waals surface area contributed by atoms with E-state index in [9.17, 15) is 13.2 Å². The summed E-state index contributed by atoms with van der Waals surface area (Å²) >= 11 is 0. The van der Waals surface area contributed by atoms with Crippen LogP contribution in [0.2, 0.25) is 0 Å². The molecule has 3 aromatic rings. The molecule has 5 nitrogen and oxygen atoms in total. The summed E-state index contributed by atoms with van der Waals surface area (Å²) < 4.78 is 31.7. The van der Waals surface area contributed by atoms with E-state index >= 15 is 0 Å². The molecule has 0 spiro atoms. The number of para-hydroxylation sites is 1. The lowest BCUT2D eigenvalue weighted by atomic mass is 10.1. The second kappa shape index (κ2) is 6.13. The predicted octanol–water partition coefficient (Wildman–Crippen LogP) is 3.11. The molecule has 2 aromatic carbocycles. The van der Waals surface area contributed by atoms with E-state index in [1.807, 2.05) is 25.1 Å². The molecule has 0 aliphatic carbocycles. The first-order valence-electron chi connectivity index (χ1n) is 7.40. The molecule has 124 valence electrons. The number of esters is 1. The van der Waals surface area contributed by atoms with Crippen LogP contribution in [0, 0.1) is 6.92 Å². The number of aromatic nitrogens is 1. The summed E-state index contributed by atoms with van der Waals surface area (Å²) in [5, 5.41) is 0.553. The third kappa shape index (κ3) is 2.80. The zero-order valence-electron chi connectivity index (χ0n) is 13.4. The summed E-state index contributed by atoms with van der Waals surface area (Å²) in [5.74, 6) is -0.699. The van der Waals surface area contributed by atoms with Gasteiger partial charge in [-0.1, -0.05) is 42.5 Å². The van der Waals surface area contributed by atoms with E-state index in [4.69, 9.17) is 4.74 Å². The normalized spacial score (nSPS) is 11.6. The van der Waals surface area contributed by atoms with Crippen molar-refractivity contribution in [1.82, 2.24) is 3.97 Å². The van der Waals surface area contributed by atoms with Crippen LogP contribution >= 0.6 is 0 Å². The van der Waals surface area contributed by atoms with Crippen LogP contribution in [0.25, 0.3) is 10.9 Å². The minimum atomic E-state index is -3.67. The lowest BCUT2D eigenvalue weighted by Crippen LogP contribution is -2.15. The molecular weight excluding hydrogens is 326 g/mol. The third-order valence-electron chi connectivity index (χ3n) is 3.98. The van der Waals surface area contributed by atoms with E-state index in [0.717, 1.165) is 11.1 Å². The highest BCUT2D eigenvalue weighted by Gasteiger charge is 2.23. The first-order valence-corrected chi connectivity index (χ1v) is 9.01. The van der Waals surface area contributed by atoms with Crippen LogP contribution in [-0.4, -0.2) is 25.5 Å². The molecular formula is C18H17NO4S. The molecule has 1 heterocycles. The average molecular weight is 343 g/mol. The molecule has 0 bridgehead atoms. The Morgan fingerprint density at radius 2 is 1.75 bits per heavy atom. The summed E-state index contributed by atoms with van der Waals surface area (Å²) in [6, 6.07) is 14.2. The van der Waals surface area contributed by atoms with Gasteiger partial charge in [-0.15, -0.1) is 0 Å². The fraction of sp³-hybridized carbons (Fsp3) is 0.167. The number of nitrogens with zero attached hydrogens (tertiary/aromatic N) is 1. The molecule has 0 N–H and O–H groups in total. The Labute approximate surface area is 140 Å². The maximum absolute atomic E-state index is 12.9. The first kappa shape index (κ1) is 16.3. The van der Waals surface area contributed by atoms with E-state index in [1.165, 1.54) is 17.3 Å². The summed E-state index contributed by atoms with van der Waals surface area (Å²) in [7, 11) is -2.40. The van der Waals surface area contributed by atoms with Crippen LogP contribution in [-0.2, 0) is 20.5 Å². The van der Waals surface area contributed by atoms with Crippen molar-refractivity contribution in [2.45, 2.75) is 12.7 Å². The second-order valence-corrected chi connectivity index (χ2v) is 7.38. The molecule has 0 aliphatic heterocycles. The molecule has 0 aliphatic rings. The number of fused-ring (bicyclic) bond motifs is 1. The zero-order valence-corrected chi connectivity index (χ0v) is 14.2. The summed E-state index contributed by atoms with van der Waals surface area (Å²) in [6.45, 7) is 1.87. The number of aryl methyl sites for hydroxylation is 1. The molecule has 3 rings (SSSR count). The molecule has 1 aromatic heterocycles. The molecule has 0 radical (unpaired) electrons. The highest BCUT2D eigenvalue weighted by Crippen LogP contribution is 2.25.